The first-order valence-electron chi connectivity index (χ1n) is 7.19. The molecule has 2 atom stereocenters. The average molecular weight is 256 g/mol. The fourth-order valence-electron chi connectivity index (χ4n) is 2.59. The second-order valence-corrected chi connectivity index (χ2v) is 5.65. The molecule has 2 N–H and O–H groups in total. The highest BCUT2D eigenvalue weighted by molar-refractivity contribution is 5.78. The van der Waals surface area contributed by atoms with Gasteiger partial charge in [-0.1, -0.05) is 33.6 Å². The van der Waals surface area contributed by atoms with Crippen LogP contribution in [0.5, 0.6) is 0 Å². The maximum atomic E-state index is 11.8. The molecule has 0 aromatic carbocycles. The lowest BCUT2D eigenvalue weighted by molar-refractivity contribution is -0.123. The summed E-state index contributed by atoms with van der Waals surface area (Å²) < 4.78 is 0. The minimum atomic E-state index is -0.278. The highest BCUT2D eigenvalue weighted by Crippen LogP contribution is 2.35. The SMILES string of the molecule is CCN(CC)CC(=O)NC[C@]1(C)CCCC[C@@H]1O. The van der Waals surface area contributed by atoms with E-state index in [-0.39, 0.29) is 17.4 Å². The molecule has 0 aliphatic heterocycles. The van der Waals surface area contributed by atoms with Crippen LogP contribution in [0.3, 0.4) is 0 Å². The normalized spacial score (nSPS) is 28.4. The largest absolute Gasteiger partial charge is 0.392 e. The molecule has 1 rings (SSSR count). The fraction of sp³-hybridized carbons (Fsp3) is 0.929. The maximum absolute atomic E-state index is 11.8. The molecular weight excluding hydrogens is 228 g/mol. The van der Waals surface area contributed by atoms with Gasteiger partial charge in [0.1, 0.15) is 0 Å². The van der Waals surface area contributed by atoms with E-state index in [0.29, 0.717) is 13.1 Å². The van der Waals surface area contributed by atoms with E-state index in [9.17, 15) is 9.90 Å². The monoisotopic (exact) mass is 256 g/mol. The Hall–Kier alpha value is -0.610. The molecule has 0 saturated heterocycles. The van der Waals surface area contributed by atoms with Gasteiger partial charge in [0.25, 0.3) is 0 Å². The fourth-order valence-corrected chi connectivity index (χ4v) is 2.59. The van der Waals surface area contributed by atoms with E-state index in [1.54, 1.807) is 0 Å². The van der Waals surface area contributed by atoms with Crippen LogP contribution in [0.2, 0.25) is 0 Å². The number of carbonyl (C=O) groups excluding carboxylic acids is 1. The first kappa shape index (κ1) is 15.4. The van der Waals surface area contributed by atoms with Crippen molar-refractivity contribution in [1.82, 2.24) is 10.2 Å². The van der Waals surface area contributed by atoms with Gasteiger partial charge in [0.15, 0.2) is 0 Å². The summed E-state index contributed by atoms with van der Waals surface area (Å²) in [7, 11) is 0. The van der Waals surface area contributed by atoms with E-state index in [2.05, 4.69) is 31.0 Å². The van der Waals surface area contributed by atoms with Gasteiger partial charge in [0.05, 0.1) is 12.6 Å². The molecule has 1 saturated carbocycles. The van der Waals surface area contributed by atoms with Gasteiger partial charge in [-0.2, -0.15) is 0 Å². The molecule has 0 radical (unpaired) electrons. The zero-order chi connectivity index (χ0) is 13.6. The molecule has 4 nitrogen and oxygen atoms in total. The summed E-state index contributed by atoms with van der Waals surface area (Å²) in [5.74, 6) is 0.0673. The second-order valence-electron chi connectivity index (χ2n) is 5.65. The Bertz CT molecular complexity index is 267. The van der Waals surface area contributed by atoms with Crippen molar-refractivity contribution in [2.75, 3.05) is 26.2 Å². The summed E-state index contributed by atoms with van der Waals surface area (Å²) in [6.07, 6.45) is 3.84. The van der Waals surface area contributed by atoms with Gasteiger partial charge < -0.3 is 10.4 Å². The molecule has 1 aliphatic rings. The van der Waals surface area contributed by atoms with Gasteiger partial charge in [-0.15, -0.1) is 0 Å². The molecule has 0 bridgehead atoms. The van der Waals surface area contributed by atoms with Crippen LogP contribution >= 0.6 is 0 Å². The van der Waals surface area contributed by atoms with E-state index in [4.69, 9.17) is 0 Å². The third-order valence-corrected chi connectivity index (χ3v) is 4.23. The van der Waals surface area contributed by atoms with Crippen LogP contribution in [-0.4, -0.2) is 48.2 Å². The predicted octanol–water partition coefficient (Wildman–Crippen LogP) is 1.39. The molecule has 4 heteroatoms. The molecule has 0 aromatic rings. The summed E-state index contributed by atoms with van der Waals surface area (Å²) in [4.78, 5) is 13.9. The zero-order valence-electron chi connectivity index (χ0n) is 12.0. The van der Waals surface area contributed by atoms with Crippen molar-refractivity contribution in [2.45, 2.75) is 52.6 Å². The van der Waals surface area contributed by atoms with Crippen molar-refractivity contribution in [1.29, 1.82) is 0 Å². The summed E-state index contributed by atoms with van der Waals surface area (Å²) in [5, 5.41) is 13.0. The first-order chi connectivity index (χ1) is 8.51. The van der Waals surface area contributed by atoms with Gasteiger partial charge in [-0.3, -0.25) is 9.69 Å². The summed E-state index contributed by atoms with van der Waals surface area (Å²) in [6, 6.07) is 0. The lowest BCUT2D eigenvalue weighted by Gasteiger charge is -2.38. The van der Waals surface area contributed by atoms with Crippen LogP contribution in [0.4, 0.5) is 0 Å². The number of nitrogens with one attached hydrogen (secondary N) is 1. The first-order valence-corrected chi connectivity index (χ1v) is 7.19. The molecule has 106 valence electrons. The average Bonchev–Trinajstić information content (AvgIpc) is 2.37. The van der Waals surface area contributed by atoms with Crippen molar-refractivity contribution in [3.05, 3.63) is 0 Å². The summed E-state index contributed by atoms with van der Waals surface area (Å²) in [5.41, 5.74) is -0.142. The lowest BCUT2D eigenvalue weighted by atomic mass is 9.73. The van der Waals surface area contributed by atoms with Crippen molar-refractivity contribution in [3.63, 3.8) is 0 Å². The number of hydrogen-bond acceptors (Lipinski definition) is 3. The van der Waals surface area contributed by atoms with Crippen LogP contribution in [0.25, 0.3) is 0 Å². The summed E-state index contributed by atoms with van der Waals surface area (Å²) >= 11 is 0. The Labute approximate surface area is 111 Å². The molecular formula is C14H28N2O2. The molecule has 0 heterocycles. The third kappa shape index (κ3) is 4.25. The number of amides is 1. The van der Waals surface area contributed by atoms with Crippen LogP contribution in [0.1, 0.15) is 46.5 Å². The van der Waals surface area contributed by atoms with Crippen LogP contribution in [0.15, 0.2) is 0 Å². The highest BCUT2D eigenvalue weighted by Gasteiger charge is 2.35. The van der Waals surface area contributed by atoms with Gasteiger partial charge >= 0.3 is 0 Å². The standard InChI is InChI=1S/C14H28N2O2/c1-4-16(5-2)10-13(18)15-11-14(3)9-7-6-8-12(14)17/h12,17H,4-11H2,1-3H3,(H,15,18)/t12-,14-/m0/s1. The van der Waals surface area contributed by atoms with Crippen LogP contribution in [0, 0.1) is 5.41 Å². The lowest BCUT2D eigenvalue weighted by Crippen LogP contribution is -2.47. The quantitative estimate of drug-likeness (QED) is 0.755. The van der Waals surface area contributed by atoms with Gasteiger partial charge in [-0.05, 0) is 25.9 Å². The molecule has 0 aromatic heterocycles. The molecule has 1 fully saturated rings. The summed E-state index contributed by atoms with van der Waals surface area (Å²) in [6.45, 7) is 9.03. The van der Waals surface area contributed by atoms with E-state index >= 15 is 0 Å². The number of likely N-dealkylation sites (N-methyl/N-ethyl adjacent to an activating group) is 1. The van der Waals surface area contributed by atoms with E-state index in [0.717, 1.165) is 38.8 Å². The molecule has 0 spiro atoms. The highest BCUT2D eigenvalue weighted by atomic mass is 16.3. The van der Waals surface area contributed by atoms with E-state index < -0.39 is 0 Å². The number of rotatable bonds is 6. The second kappa shape index (κ2) is 7.10. The molecule has 0 unspecified atom stereocenters. The Morgan fingerprint density at radius 3 is 2.61 bits per heavy atom. The number of aliphatic hydroxyl groups is 1. The third-order valence-electron chi connectivity index (χ3n) is 4.23. The smallest absolute Gasteiger partial charge is 0.234 e. The Morgan fingerprint density at radius 2 is 2.06 bits per heavy atom. The van der Waals surface area contributed by atoms with E-state index in [1.165, 1.54) is 0 Å². The Balaban J connectivity index is 2.37. The topological polar surface area (TPSA) is 52.6 Å². The number of hydrogen-bond donors (Lipinski definition) is 2. The van der Waals surface area contributed by atoms with Crippen molar-refractivity contribution >= 4 is 5.91 Å². The van der Waals surface area contributed by atoms with Crippen molar-refractivity contribution < 1.29 is 9.90 Å². The van der Waals surface area contributed by atoms with E-state index in [1.807, 2.05) is 0 Å². The minimum absolute atomic E-state index is 0.0673. The van der Waals surface area contributed by atoms with Crippen LogP contribution < -0.4 is 5.32 Å². The maximum Gasteiger partial charge on any atom is 0.234 e. The van der Waals surface area contributed by atoms with Gasteiger partial charge in [-0.25, -0.2) is 0 Å². The number of nitrogens with zero attached hydrogens (tertiary/aromatic N) is 1. The minimum Gasteiger partial charge on any atom is -0.392 e. The molecule has 1 aliphatic carbocycles. The number of aliphatic hydroxyl groups excluding tert-OH is 1. The number of carbonyl (C=O) groups is 1. The Kier molecular flexibility index (Phi) is 6.09. The predicted molar refractivity (Wildman–Crippen MR) is 73.4 cm³/mol. The molecule has 1 amide bonds. The van der Waals surface area contributed by atoms with Crippen molar-refractivity contribution in [2.24, 2.45) is 5.41 Å². The zero-order valence-corrected chi connectivity index (χ0v) is 12.0. The van der Waals surface area contributed by atoms with Crippen molar-refractivity contribution in [3.8, 4) is 0 Å². The van der Waals surface area contributed by atoms with Crippen LogP contribution in [-0.2, 0) is 4.79 Å². The van der Waals surface area contributed by atoms with Gasteiger partial charge in [0.2, 0.25) is 5.91 Å². The Morgan fingerprint density at radius 1 is 1.39 bits per heavy atom. The molecule has 18 heavy (non-hydrogen) atoms. The van der Waals surface area contributed by atoms with Gasteiger partial charge in [0, 0.05) is 12.0 Å².